The summed E-state index contributed by atoms with van der Waals surface area (Å²) in [7, 11) is 2.06. The molecule has 0 atom stereocenters. The molecular formula is C20H25N5O2S. The smallest absolute Gasteiger partial charge is 0.323 e. The van der Waals surface area contributed by atoms with Gasteiger partial charge in [-0.1, -0.05) is 24.3 Å². The van der Waals surface area contributed by atoms with Crippen molar-refractivity contribution in [3.05, 3.63) is 46.5 Å². The number of nitrogens with one attached hydrogen (secondary N) is 1. The molecule has 3 amide bonds. The Hall–Kier alpha value is -2.45. The zero-order valence-electron chi connectivity index (χ0n) is 16.1. The van der Waals surface area contributed by atoms with E-state index in [4.69, 9.17) is 0 Å². The molecule has 1 aromatic heterocycles. The maximum Gasteiger partial charge on any atom is 0.323 e. The van der Waals surface area contributed by atoms with Crippen LogP contribution >= 0.6 is 11.3 Å². The normalized spacial score (nSPS) is 17.3. The number of fused-ring (bicyclic) bond motifs is 1. The molecule has 0 saturated carbocycles. The molecule has 2 aliphatic rings. The van der Waals surface area contributed by atoms with Crippen LogP contribution in [0.1, 0.15) is 16.8 Å². The van der Waals surface area contributed by atoms with E-state index in [1.54, 1.807) is 4.90 Å². The molecule has 0 aliphatic carbocycles. The maximum absolute atomic E-state index is 12.7. The van der Waals surface area contributed by atoms with E-state index in [9.17, 15) is 9.59 Å². The summed E-state index contributed by atoms with van der Waals surface area (Å²) in [5.41, 5.74) is 3.26. The first kappa shape index (κ1) is 18.9. The van der Waals surface area contributed by atoms with Gasteiger partial charge in [0.1, 0.15) is 0 Å². The standard InChI is InChI=1S/C20H25N5O2S/c1-23-8-10-24(11-9-23)20(27)22-19-21-17(14-28-19)12-18(26)25-7-6-15-4-2-3-5-16(15)13-25/h2-5,14H,6-13H2,1H3,(H,21,22,27). The van der Waals surface area contributed by atoms with Crippen LogP contribution in [0.3, 0.4) is 0 Å². The summed E-state index contributed by atoms with van der Waals surface area (Å²) in [4.78, 5) is 35.4. The van der Waals surface area contributed by atoms with E-state index in [-0.39, 0.29) is 18.4 Å². The lowest BCUT2D eigenvalue weighted by Crippen LogP contribution is -2.48. The van der Waals surface area contributed by atoms with Gasteiger partial charge in [-0.15, -0.1) is 11.3 Å². The van der Waals surface area contributed by atoms with Crippen molar-refractivity contribution < 1.29 is 9.59 Å². The summed E-state index contributed by atoms with van der Waals surface area (Å²) in [5.74, 6) is 0.0803. The quantitative estimate of drug-likeness (QED) is 0.858. The fourth-order valence-electron chi connectivity index (χ4n) is 3.60. The number of aromatic nitrogens is 1. The second kappa shape index (κ2) is 8.28. The van der Waals surface area contributed by atoms with E-state index in [2.05, 4.69) is 34.4 Å². The number of carbonyl (C=O) groups is 2. The van der Waals surface area contributed by atoms with E-state index in [1.165, 1.54) is 22.5 Å². The van der Waals surface area contributed by atoms with Crippen molar-refractivity contribution in [2.24, 2.45) is 0 Å². The topological polar surface area (TPSA) is 68.8 Å². The molecule has 1 N–H and O–H groups in total. The highest BCUT2D eigenvalue weighted by atomic mass is 32.1. The van der Waals surface area contributed by atoms with E-state index < -0.39 is 0 Å². The fourth-order valence-corrected chi connectivity index (χ4v) is 4.30. The molecular weight excluding hydrogens is 374 g/mol. The molecule has 28 heavy (non-hydrogen) atoms. The van der Waals surface area contributed by atoms with Gasteiger partial charge in [-0.25, -0.2) is 9.78 Å². The molecule has 2 aromatic rings. The Balaban J connectivity index is 1.31. The summed E-state index contributed by atoms with van der Waals surface area (Å²) in [5, 5.41) is 5.27. The van der Waals surface area contributed by atoms with Gasteiger partial charge in [0.15, 0.2) is 5.13 Å². The lowest BCUT2D eigenvalue weighted by Gasteiger charge is -2.32. The third-order valence-corrected chi connectivity index (χ3v) is 6.18. The summed E-state index contributed by atoms with van der Waals surface area (Å²) in [6.07, 6.45) is 1.16. The number of nitrogens with zero attached hydrogens (tertiary/aromatic N) is 4. The van der Waals surface area contributed by atoms with Crippen LogP contribution in [-0.2, 0) is 24.2 Å². The first-order valence-corrected chi connectivity index (χ1v) is 10.5. The Labute approximate surface area is 169 Å². The molecule has 148 valence electrons. The first-order chi connectivity index (χ1) is 13.6. The van der Waals surface area contributed by atoms with Crippen molar-refractivity contribution in [2.75, 3.05) is 45.1 Å². The predicted octanol–water partition coefficient (Wildman–Crippen LogP) is 2.05. The van der Waals surface area contributed by atoms with Crippen LogP contribution in [0, 0.1) is 0 Å². The molecule has 0 unspecified atom stereocenters. The highest BCUT2D eigenvalue weighted by Crippen LogP contribution is 2.21. The van der Waals surface area contributed by atoms with Crippen LogP contribution < -0.4 is 5.32 Å². The zero-order chi connectivity index (χ0) is 19.5. The second-order valence-electron chi connectivity index (χ2n) is 7.38. The number of hydrogen-bond donors (Lipinski definition) is 1. The average Bonchev–Trinajstić information content (AvgIpc) is 3.14. The number of hydrogen-bond acceptors (Lipinski definition) is 5. The monoisotopic (exact) mass is 399 g/mol. The van der Waals surface area contributed by atoms with Crippen molar-refractivity contribution in [3.63, 3.8) is 0 Å². The van der Waals surface area contributed by atoms with Crippen molar-refractivity contribution in [1.29, 1.82) is 0 Å². The third kappa shape index (κ3) is 4.34. The molecule has 1 aromatic carbocycles. The van der Waals surface area contributed by atoms with E-state index >= 15 is 0 Å². The number of carbonyl (C=O) groups excluding carboxylic acids is 2. The average molecular weight is 400 g/mol. The van der Waals surface area contributed by atoms with Gasteiger partial charge in [-0.05, 0) is 24.6 Å². The van der Waals surface area contributed by atoms with Gasteiger partial charge in [0, 0.05) is 44.6 Å². The number of thiazole rings is 1. The molecule has 0 spiro atoms. The Kier molecular flexibility index (Phi) is 5.59. The Morgan fingerprint density at radius 1 is 1.07 bits per heavy atom. The highest BCUT2D eigenvalue weighted by Gasteiger charge is 2.22. The zero-order valence-corrected chi connectivity index (χ0v) is 16.9. The molecule has 0 radical (unpaired) electrons. The van der Waals surface area contributed by atoms with Crippen molar-refractivity contribution in [2.45, 2.75) is 19.4 Å². The van der Waals surface area contributed by atoms with Crippen molar-refractivity contribution in [3.8, 4) is 0 Å². The lowest BCUT2D eigenvalue weighted by atomic mass is 10.00. The van der Waals surface area contributed by atoms with E-state index in [1.807, 2.05) is 22.4 Å². The summed E-state index contributed by atoms with van der Waals surface area (Å²) >= 11 is 1.37. The molecule has 4 rings (SSSR count). The SMILES string of the molecule is CN1CCN(C(=O)Nc2nc(CC(=O)N3CCc4ccccc4C3)cs2)CC1. The van der Waals surface area contributed by atoms with Crippen LogP contribution in [-0.4, -0.2) is 71.4 Å². The number of anilines is 1. The van der Waals surface area contributed by atoms with Gasteiger partial charge in [0.05, 0.1) is 12.1 Å². The molecule has 3 heterocycles. The van der Waals surface area contributed by atoms with Gasteiger partial charge in [0.2, 0.25) is 5.91 Å². The summed E-state index contributed by atoms with van der Waals surface area (Å²) in [6.45, 7) is 4.60. The van der Waals surface area contributed by atoms with Gasteiger partial charge < -0.3 is 14.7 Å². The van der Waals surface area contributed by atoms with Crippen molar-refractivity contribution in [1.82, 2.24) is 19.7 Å². The molecule has 8 heteroatoms. The minimum Gasteiger partial charge on any atom is -0.338 e. The molecule has 1 fully saturated rings. The summed E-state index contributed by atoms with van der Waals surface area (Å²) < 4.78 is 0. The number of urea groups is 1. The second-order valence-corrected chi connectivity index (χ2v) is 8.23. The molecule has 0 bridgehead atoms. The van der Waals surface area contributed by atoms with Crippen LogP contribution in [0.2, 0.25) is 0 Å². The Morgan fingerprint density at radius 3 is 2.61 bits per heavy atom. The maximum atomic E-state index is 12.7. The number of benzene rings is 1. The Bertz CT molecular complexity index is 860. The highest BCUT2D eigenvalue weighted by molar-refractivity contribution is 7.13. The number of likely N-dealkylation sites (N-methyl/N-ethyl adjacent to an activating group) is 1. The fraction of sp³-hybridized carbons (Fsp3) is 0.450. The molecule has 2 aliphatic heterocycles. The molecule has 1 saturated heterocycles. The van der Waals surface area contributed by atoms with E-state index in [0.29, 0.717) is 17.4 Å². The van der Waals surface area contributed by atoms with Gasteiger partial charge in [-0.2, -0.15) is 0 Å². The predicted molar refractivity (Wildman–Crippen MR) is 109 cm³/mol. The van der Waals surface area contributed by atoms with E-state index in [0.717, 1.165) is 39.1 Å². The number of rotatable bonds is 3. The van der Waals surface area contributed by atoms with Crippen molar-refractivity contribution >= 4 is 28.4 Å². The van der Waals surface area contributed by atoms with Crippen LogP contribution in [0.25, 0.3) is 0 Å². The van der Waals surface area contributed by atoms with Gasteiger partial charge in [0.25, 0.3) is 0 Å². The van der Waals surface area contributed by atoms with Crippen LogP contribution in [0.5, 0.6) is 0 Å². The van der Waals surface area contributed by atoms with Crippen LogP contribution in [0.15, 0.2) is 29.6 Å². The van der Waals surface area contributed by atoms with Crippen LogP contribution in [0.4, 0.5) is 9.93 Å². The minimum atomic E-state index is -0.118. The number of piperazine rings is 1. The minimum absolute atomic E-state index is 0.0803. The Morgan fingerprint density at radius 2 is 1.82 bits per heavy atom. The largest absolute Gasteiger partial charge is 0.338 e. The molecule has 7 nitrogen and oxygen atoms in total. The summed E-state index contributed by atoms with van der Waals surface area (Å²) in [6, 6.07) is 8.16. The van der Waals surface area contributed by atoms with Gasteiger partial charge >= 0.3 is 6.03 Å². The third-order valence-electron chi connectivity index (χ3n) is 5.37. The van der Waals surface area contributed by atoms with Gasteiger partial charge in [-0.3, -0.25) is 10.1 Å². The first-order valence-electron chi connectivity index (χ1n) is 9.62. The lowest BCUT2D eigenvalue weighted by molar-refractivity contribution is -0.131. The number of amides is 3.